The van der Waals surface area contributed by atoms with Crippen molar-refractivity contribution in [3.63, 3.8) is 0 Å². The maximum atomic E-state index is 9.83. The third-order valence-electron chi connectivity index (χ3n) is 3.63. The van der Waals surface area contributed by atoms with Crippen molar-refractivity contribution in [1.82, 2.24) is 0 Å². The van der Waals surface area contributed by atoms with Gasteiger partial charge in [0.1, 0.15) is 23.7 Å². The van der Waals surface area contributed by atoms with Gasteiger partial charge in [0.05, 0.1) is 13.2 Å². The third-order valence-corrected chi connectivity index (χ3v) is 3.63. The summed E-state index contributed by atoms with van der Waals surface area (Å²) >= 11 is 0. The zero-order valence-electron chi connectivity index (χ0n) is 18.1. The Bertz CT molecular complexity index is 459. The molecule has 0 aromatic heterocycles. The van der Waals surface area contributed by atoms with Crippen LogP contribution in [0.4, 0.5) is 0 Å². The molecular weight excluding hydrogens is 360 g/mol. The summed E-state index contributed by atoms with van der Waals surface area (Å²) in [5.41, 5.74) is 0. The third kappa shape index (κ3) is 12.0. The summed E-state index contributed by atoms with van der Waals surface area (Å²) < 4.78 is 22.6. The molecule has 0 rings (SSSR count). The van der Waals surface area contributed by atoms with E-state index < -0.39 is 24.8 Å². The molecule has 0 aliphatic rings. The van der Waals surface area contributed by atoms with Gasteiger partial charge in [0.15, 0.2) is 0 Å². The van der Waals surface area contributed by atoms with E-state index in [0.717, 1.165) is 12.8 Å². The molecule has 0 radical (unpaired) electrons. The number of aliphatic hydroxyl groups is 2. The molecule has 0 saturated carbocycles. The predicted molar refractivity (Wildman–Crippen MR) is 111 cm³/mol. The summed E-state index contributed by atoms with van der Waals surface area (Å²) in [4.78, 5) is 0. The Kier molecular flexibility index (Phi) is 15.4. The van der Waals surface area contributed by atoms with Gasteiger partial charge in [-0.25, -0.2) is 0 Å². The van der Waals surface area contributed by atoms with Crippen LogP contribution >= 0.6 is 0 Å². The average molecular weight is 399 g/mol. The highest BCUT2D eigenvalue weighted by Gasteiger charge is 2.19. The van der Waals surface area contributed by atoms with Crippen LogP contribution in [0.25, 0.3) is 0 Å². The van der Waals surface area contributed by atoms with Gasteiger partial charge in [-0.1, -0.05) is 12.2 Å². The standard InChI is InChI=1S/C22H38O6/c1-7-13-19(9-3)27-21(17(5)23)25-15-11-12-16-26-22(18(6)24)28-20(10-4)14-8-2/h7-10,13-14,17-18,21-24H,11-12,15-16H2,1-6H3. The monoisotopic (exact) mass is 398 g/mol. The van der Waals surface area contributed by atoms with Crippen molar-refractivity contribution in [3.8, 4) is 0 Å². The van der Waals surface area contributed by atoms with E-state index in [9.17, 15) is 10.2 Å². The molecule has 0 aliphatic heterocycles. The first-order chi connectivity index (χ1) is 13.4. The summed E-state index contributed by atoms with van der Waals surface area (Å²) in [6, 6.07) is 0. The second kappa shape index (κ2) is 16.4. The van der Waals surface area contributed by atoms with Crippen LogP contribution in [0, 0.1) is 0 Å². The Morgan fingerprint density at radius 1 is 0.714 bits per heavy atom. The molecule has 0 heterocycles. The average Bonchev–Trinajstić information content (AvgIpc) is 2.66. The second-order valence-corrected chi connectivity index (χ2v) is 6.28. The van der Waals surface area contributed by atoms with Crippen LogP contribution < -0.4 is 0 Å². The quantitative estimate of drug-likeness (QED) is 0.186. The number of aliphatic hydroxyl groups excluding tert-OH is 2. The van der Waals surface area contributed by atoms with Crippen molar-refractivity contribution < 1.29 is 29.2 Å². The van der Waals surface area contributed by atoms with Gasteiger partial charge in [-0.3, -0.25) is 0 Å². The van der Waals surface area contributed by atoms with E-state index in [1.165, 1.54) is 0 Å². The Balaban J connectivity index is 4.30. The van der Waals surface area contributed by atoms with E-state index >= 15 is 0 Å². The van der Waals surface area contributed by atoms with Crippen LogP contribution in [0.15, 0.2) is 48.0 Å². The first kappa shape index (κ1) is 26.4. The molecule has 0 bridgehead atoms. The molecule has 0 amide bonds. The highest BCUT2D eigenvalue weighted by atomic mass is 16.7. The summed E-state index contributed by atoms with van der Waals surface area (Å²) in [7, 11) is 0. The maximum Gasteiger partial charge on any atom is 0.225 e. The van der Waals surface area contributed by atoms with Gasteiger partial charge in [-0.15, -0.1) is 0 Å². The lowest BCUT2D eigenvalue weighted by Gasteiger charge is -2.23. The molecule has 4 atom stereocenters. The van der Waals surface area contributed by atoms with Crippen LogP contribution in [0.5, 0.6) is 0 Å². The Labute approximate surface area is 170 Å². The van der Waals surface area contributed by atoms with Gasteiger partial charge in [0.25, 0.3) is 0 Å². The fraction of sp³-hybridized carbons (Fsp3) is 0.636. The molecule has 0 aromatic carbocycles. The molecule has 0 aromatic rings. The molecular formula is C22H38O6. The van der Waals surface area contributed by atoms with Gasteiger partial charge < -0.3 is 29.2 Å². The lowest BCUT2D eigenvalue weighted by atomic mass is 10.3. The number of rotatable bonds is 15. The van der Waals surface area contributed by atoms with E-state index in [4.69, 9.17) is 18.9 Å². The smallest absolute Gasteiger partial charge is 0.225 e. The zero-order chi connectivity index (χ0) is 21.4. The van der Waals surface area contributed by atoms with Crippen LogP contribution in [-0.4, -0.2) is 48.2 Å². The molecule has 0 fully saturated rings. The van der Waals surface area contributed by atoms with Gasteiger partial charge in [-0.05, 0) is 78.7 Å². The lowest BCUT2D eigenvalue weighted by Crippen LogP contribution is -2.30. The molecule has 28 heavy (non-hydrogen) atoms. The Morgan fingerprint density at radius 3 is 1.32 bits per heavy atom. The summed E-state index contributed by atoms with van der Waals surface area (Å²) in [5.74, 6) is 1.30. The minimum absolute atomic E-state index is 0.421. The molecule has 2 N–H and O–H groups in total. The van der Waals surface area contributed by atoms with Crippen LogP contribution in [-0.2, 0) is 18.9 Å². The first-order valence-electron chi connectivity index (χ1n) is 9.90. The van der Waals surface area contributed by atoms with Crippen LogP contribution in [0.1, 0.15) is 54.4 Å². The minimum Gasteiger partial charge on any atom is -0.462 e. The predicted octanol–water partition coefficient (Wildman–Crippen LogP) is 4.21. The maximum absolute atomic E-state index is 9.83. The molecule has 6 nitrogen and oxygen atoms in total. The Hall–Kier alpha value is -1.60. The van der Waals surface area contributed by atoms with Crippen molar-refractivity contribution in [2.75, 3.05) is 13.2 Å². The topological polar surface area (TPSA) is 77.4 Å². The lowest BCUT2D eigenvalue weighted by molar-refractivity contribution is -0.174. The van der Waals surface area contributed by atoms with Crippen molar-refractivity contribution in [1.29, 1.82) is 0 Å². The molecule has 4 unspecified atom stereocenters. The molecule has 0 spiro atoms. The first-order valence-corrected chi connectivity index (χ1v) is 9.90. The van der Waals surface area contributed by atoms with E-state index in [0.29, 0.717) is 24.7 Å². The normalized spacial score (nSPS) is 17.7. The van der Waals surface area contributed by atoms with E-state index in [1.54, 1.807) is 13.8 Å². The molecule has 0 saturated heterocycles. The number of hydrogen-bond donors (Lipinski definition) is 2. The van der Waals surface area contributed by atoms with Crippen LogP contribution in [0.2, 0.25) is 0 Å². The summed E-state index contributed by atoms with van der Waals surface area (Å²) in [6.07, 6.45) is 9.47. The molecule has 162 valence electrons. The zero-order valence-corrected chi connectivity index (χ0v) is 18.1. The van der Waals surface area contributed by atoms with Crippen molar-refractivity contribution in [2.24, 2.45) is 0 Å². The van der Waals surface area contributed by atoms with Gasteiger partial charge in [0.2, 0.25) is 12.6 Å². The van der Waals surface area contributed by atoms with Crippen molar-refractivity contribution >= 4 is 0 Å². The molecule has 0 aliphatic carbocycles. The number of unbranched alkanes of at least 4 members (excludes halogenated alkanes) is 1. The summed E-state index contributed by atoms with van der Waals surface area (Å²) in [5, 5.41) is 19.7. The highest BCUT2D eigenvalue weighted by Crippen LogP contribution is 2.13. The number of ether oxygens (including phenoxy) is 4. The van der Waals surface area contributed by atoms with E-state index in [1.807, 2.05) is 64.2 Å². The van der Waals surface area contributed by atoms with Gasteiger partial charge >= 0.3 is 0 Å². The fourth-order valence-electron chi connectivity index (χ4n) is 2.15. The van der Waals surface area contributed by atoms with E-state index in [2.05, 4.69) is 0 Å². The Morgan fingerprint density at radius 2 is 1.07 bits per heavy atom. The minimum atomic E-state index is -0.754. The number of allylic oxidation sites excluding steroid dienone is 6. The van der Waals surface area contributed by atoms with Crippen molar-refractivity contribution in [3.05, 3.63) is 48.0 Å². The van der Waals surface area contributed by atoms with Crippen LogP contribution in [0.3, 0.4) is 0 Å². The van der Waals surface area contributed by atoms with E-state index in [-0.39, 0.29) is 0 Å². The largest absolute Gasteiger partial charge is 0.462 e. The van der Waals surface area contributed by atoms with Crippen molar-refractivity contribution in [2.45, 2.75) is 79.2 Å². The highest BCUT2D eigenvalue weighted by molar-refractivity contribution is 5.10. The molecule has 6 heteroatoms. The van der Waals surface area contributed by atoms with Gasteiger partial charge in [0, 0.05) is 0 Å². The number of hydrogen-bond acceptors (Lipinski definition) is 6. The summed E-state index contributed by atoms with van der Waals surface area (Å²) in [6.45, 7) is 11.6. The fourth-order valence-corrected chi connectivity index (χ4v) is 2.15. The second-order valence-electron chi connectivity index (χ2n) is 6.28. The SMILES string of the molecule is CC=CC(=CC)OC(OCCCCOC(OC(C=CC)=CC)C(C)O)C(C)O. The van der Waals surface area contributed by atoms with Gasteiger partial charge in [-0.2, -0.15) is 0 Å².